The molecular formula is C40H26O2. The van der Waals surface area contributed by atoms with Crippen molar-refractivity contribution < 1.29 is 10.2 Å². The number of phenolic OH excluding ortho intramolecular Hbond substituents is 2. The zero-order valence-electron chi connectivity index (χ0n) is 22.8. The van der Waals surface area contributed by atoms with Crippen molar-refractivity contribution in [1.29, 1.82) is 0 Å². The van der Waals surface area contributed by atoms with Crippen molar-refractivity contribution >= 4 is 43.1 Å². The van der Waals surface area contributed by atoms with Crippen LogP contribution in [-0.2, 0) is 0 Å². The number of phenols is 2. The number of hydrogen-bond donors (Lipinski definition) is 2. The predicted octanol–water partition coefficient (Wildman–Crippen LogP) is 10.7. The van der Waals surface area contributed by atoms with Crippen molar-refractivity contribution in [3.05, 3.63) is 146 Å². The maximum atomic E-state index is 11.2. The first kappa shape index (κ1) is 24.2. The predicted molar refractivity (Wildman–Crippen MR) is 176 cm³/mol. The van der Waals surface area contributed by atoms with Gasteiger partial charge >= 0.3 is 0 Å². The molecule has 0 aliphatic heterocycles. The summed E-state index contributed by atoms with van der Waals surface area (Å²) in [7, 11) is 0. The first-order valence-electron chi connectivity index (χ1n) is 14.1. The van der Waals surface area contributed by atoms with Gasteiger partial charge in [0, 0.05) is 11.1 Å². The molecule has 0 unspecified atom stereocenters. The van der Waals surface area contributed by atoms with Crippen molar-refractivity contribution in [1.82, 2.24) is 0 Å². The first-order chi connectivity index (χ1) is 20.6. The van der Waals surface area contributed by atoms with Crippen LogP contribution in [0, 0.1) is 0 Å². The lowest BCUT2D eigenvalue weighted by Crippen LogP contribution is -1.89. The highest BCUT2D eigenvalue weighted by atomic mass is 16.3. The van der Waals surface area contributed by atoms with E-state index in [0.717, 1.165) is 43.8 Å². The number of hydrogen-bond acceptors (Lipinski definition) is 2. The van der Waals surface area contributed by atoms with Crippen LogP contribution < -0.4 is 0 Å². The molecule has 2 nitrogen and oxygen atoms in total. The molecule has 0 aromatic heterocycles. The van der Waals surface area contributed by atoms with Crippen LogP contribution in [0.3, 0.4) is 0 Å². The van der Waals surface area contributed by atoms with Crippen LogP contribution >= 0.6 is 0 Å². The van der Waals surface area contributed by atoms with Gasteiger partial charge in [0.1, 0.15) is 11.5 Å². The summed E-state index contributed by atoms with van der Waals surface area (Å²) in [6, 6.07) is 49.7. The van der Waals surface area contributed by atoms with Crippen LogP contribution in [0.1, 0.15) is 0 Å². The second-order valence-corrected chi connectivity index (χ2v) is 10.9. The maximum Gasteiger partial charge on any atom is 0.124 e. The number of benzene rings is 8. The van der Waals surface area contributed by atoms with Crippen LogP contribution in [0.25, 0.3) is 76.5 Å². The topological polar surface area (TPSA) is 40.5 Å². The molecule has 0 spiro atoms. The normalized spacial score (nSPS) is 11.5. The van der Waals surface area contributed by atoms with Crippen molar-refractivity contribution in [3.8, 4) is 44.9 Å². The average Bonchev–Trinajstić information content (AvgIpc) is 3.04. The molecule has 8 rings (SSSR count). The van der Waals surface area contributed by atoms with Gasteiger partial charge in [-0.2, -0.15) is 0 Å². The van der Waals surface area contributed by atoms with Crippen molar-refractivity contribution in [2.75, 3.05) is 0 Å². The van der Waals surface area contributed by atoms with Gasteiger partial charge in [-0.15, -0.1) is 0 Å². The smallest absolute Gasteiger partial charge is 0.124 e. The molecule has 0 saturated heterocycles. The van der Waals surface area contributed by atoms with Crippen LogP contribution in [0.2, 0.25) is 0 Å². The van der Waals surface area contributed by atoms with E-state index in [9.17, 15) is 10.2 Å². The lowest BCUT2D eigenvalue weighted by molar-refractivity contribution is 0.470. The minimum atomic E-state index is 0.141. The molecule has 0 heterocycles. The average molecular weight is 539 g/mol. The van der Waals surface area contributed by atoms with Crippen LogP contribution in [-0.4, -0.2) is 10.2 Å². The fourth-order valence-electron chi connectivity index (χ4n) is 6.26. The van der Waals surface area contributed by atoms with Gasteiger partial charge in [0.2, 0.25) is 0 Å². The molecule has 42 heavy (non-hydrogen) atoms. The van der Waals surface area contributed by atoms with Crippen LogP contribution in [0.15, 0.2) is 146 Å². The van der Waals surface area contributed by atoms with E-state index in [4.69, 9.17) is 0 Å². The van der Waals surface area contributed by atoms with E-state index in [1.54, 1.807) is 12.1 Å². The monoisotopic (exact) mass is 538 g/mol. The molecule has 198 valence electrons. The summed E-state index contributed by atoms with van der Waals surface area (Å²) in [4.78, 5) is 0. The second-order valence-electron chi connectivity index (χ2n) is 10.9. The SMILES string of the molecule is Oc1ccc2cc(-c3ccc4ccccc4c3)ccc2c1-c1c(O)ccc2cc(-c3ccc4ccccc4c3)ccc12. The maximum absolute atomic E-state index is 11.2. The highest BCUT2D eigenvalue weighted by Crippen LogP contribution is 2.45. The molecule has 2 heteroatoms. The fourth-order valence-corrected chi connectivity index (χ4v) is 6.26. The molecule has 0 radical (unpaired) electrons. The number of fused-ring (bicyclic) bond motifs is 4. The Morgan fingerprint density at radius 1 is 0.286 bits per heavy atom. The quantitative estimate of drug-likeness (QED) is 0.235. The Bertz CT molecular complexity index is 2160. The Kier molecular flexibility index (Phi) is 5.48. The first-order valence-corrected chi connectivity index (χ1v) is 14.1. The molecular weight excluding hydrogens is 512 g/mol. The number of rotatable bonds is 3. The van der Waals surface area contributed by atoms with Gasteiger partial charge in [0.15, 0.2) is 0 Å². The van der Waals surface area contributed by atoms with Gasteiger partial charge in [-0.1, -0.05) is 109 Å². The van der Waals surface area contributed by atoms with Gasteiger partial charge in [-0.25, -0.2) is 0 Å². The van der Waals surface area contributed by atoms with Crippen molar-refractivity contribution in [2.24, 2.45) is 0 Å². The Hall–Kier alpha value is -5.60. The summed E-state index contributed by atoms with van der Waals surface area (Å²) in [5.74, 6) is 0.282. The lowest BCUT2D eigenvalue weighted by atomic mass is 9.90. The zero-order chi connectivity index (χ0) is 28.2. The van der Waals surface area contributed by atoms with E-state index >= 15 is 0 Å². The van der Waals surface area contributed by atoms with Crippen molar-refractivity contribution in [2.45, 2.75) is 0 Å². The highest BCUT2D eigenvalue weighted by molar-refractivity contribution is 6.11. The highest BCUT2D eigenvalue weighted by Gasteiger charge is 2.18. The summed E-state index contributed by atoms with van der Waals surface area (Å²) in [5.41, 5.74) is 5.76. The largest absolute Gasteiger partial charge is 0.507 e. The minimum absolute atomic E-state index is 0.141. The van der Waals surface area contributed by atoms with E-state index in [0.29, 0.717) is 11.1 Å². The Morgan fingerprint density at radius 3 is 1.05 bits per heavy atom. The van der Waals surface area contributed by atoms with Gasteiger partial charge in [-0.3, -0.25) is 0 Å². The summed E-state index contributed by atoms with van der Waals surface area (Å²) in [6.45, 7) is 0. The molecule has 0 atom stereocenters. The van der Waals surface area contributed by atoms with Crippen molar-refractivity contribution in [3.63, 3.8) is 0 Å². The Balaban J connectivity index is 1.27. The molecule has 0 saturated carbocycles. The Morgan fingerprint density at radius 2 is 0.619 bits per heavy atom. The van der Waals surface area contributed by atoms with Crippen LogP contribution in [0.5, 0.6) is 11.5 Å². The second kappa shape index (κ2) is 9.50. The Labute approximate surface area is 243 Å². The van der Waals surface area contributed by atoms with E-state index < -0.39 is 0 Å². The molecule has 8 aromatic rings. The van der Waals surface area contributed by atoms with E-state index in [-0.39, 0.29) is 11.5 Å². The summed E-state index contributed by atoms with van der Waals surface area (Å²) in [5, 5.41) is 30.9. The van der Waals surface area contributed by atoms with Crippen LogP contribution in [0.4, 0.5) is 0 Å². The third-order valence-corrected chi connectivity index (χ3v) is 8.41. The van der Waals surface area contributed by atoms with Gasteiger partial charge in [-0.05, 0) is 102 Å². The van der Waals surface area contributed by atoms with E-state index in [1.165, 1.54) is 21.5 Å². The van der Waals surface area contributed by atoms with Gasteiger partial charge in [0.25, 0.3) is 0 Å². The standard InChI is InChI=1S/C40H26O2/c41-37-19-15-33-23-31(29-11-9-25-5-1-3-7-27(25)21-29)13-17-35(33)39(37)40-36-18-14-32(24-34(36)16-20-38(40)42)30-12-10-26-6-2-4-8-28(26)22-30/h1-24,41-42H. The lowest BCUT2D eigenvalue weighted by Gasteiger charge is -2.16. The third kappa shape index (κ3) is 3.96. The molecule has 0 aliphatic rings. The molecule has 0 amide bonds. The zero-order valence-corrected chi connectivity index (χ0v) is 22.8. The van der Waals surface area contributed by atoms with Gasteiger partial charge in [0.05, 0.1) is 0 Å². The molecule has 8 aromatic carbocycles. The minimum Gasteiger partial charge on any atom is -0.507 e. The third-order valence-electron chi connectivity index (χ3n) is 8.41. The molecule has 0 fully saturated rings. The van der Waals surface area contributed by atoms with Gasteiger partial charge < -0.3 is 10.2 Å². The molecule has 0 aliphatic carbocycles. The number of aromatic hydroxyl groups is 2. The summed E-state index contributed by atoms with van der Waals surface area (Å²) < 4.78 is 0. The summed E-state index contributed by atoms with van der Waals surface area (Å²) in [6.07, 6.45) is 0. The summed E-state index contributed by atoms with van der Waals surface area (Å²) >= 11 is 0. The van der Waals surface area contributed by atoms with E-state index in [1.807, 2.05) is 12.1 Å². The fraction of sp³-hybridized carbons (Fsp3) is 0. The molecule has 0 bridgehead atoms. The van der Waals surface area contributed by atoms with E-state index in [2.05, 4.69) is 121 Å². The molecule has 2 N–H and O–H groups in total.